The first kappa shape index (κ1) is 17.4. The summed E-state index contributed by atoms with van der Waals surface area (Å²) in [6.45, 7) is 7.54. The summed E-state index contributed by atoms with van der Waals surface area (Å²) in [7, 11) is 0. The molecule has 4 nitrogen and oxygen atoms in total. The van der Waals surface area contributed by atoms with Crippen molar-refractivity contribution in [2.24, 2.45) is 5.92 Å². The zero-order chi connectivity index (χ0) is 16.9. The van der Waals surface area contributed by atoms with Crippen molar-refractivity contribution in [1.29, 1.82) is 0 Å². The van der Waals surface area contributed by atoms with Crippen LogP contribution in [-0.4, -0.2) is 49.2 Å². The summed E-state index contributed by atoms with van der Waals surface area (Å²) in [6.07, 6.45) is 3.93. The Kier molecular flexibility index (Phi) is 5.90. The first-order valence-electron chi connectivity index (χ1n) is 9.34. The fraction of sp³-hybridized carbons (Fsp3) is 0.650. The van der Waals surface area contributed by atoms with E-state index in [2.05, 4.69) is 48.3 Å². The zero-order valence-electron chi connectivity index (χ0n) is 15.0. The van der Waals surface area contributed by atoms with Crippen LogP contribution < -0.4 is 5.32 Å². The molecule has 2 heterocycles. The highest BCUT2D eigenvalue weighted by Gasteiger charge is 2.30. The third-order valence-corrected chi connectivity index (χ3v) is 5.30. The van der Waals surface area contributed by atoms with E-state index in [0.29, 0.717) is 12.0 Å². The van der Waals surface area contributed by atoms with Gasteiger partial charge in [-0.2, -0.15) is 0 Å². The molecule has 2 aliphatic rings. The molecule has 0 radical (unpaired) electrons. The fourth-order valence-electron chi connectivity index (χ4n) is 3.75. The number of benzene rings is 1. The highest BCUT2D eigenvalue weighted by Crippen LogP contribution is 2.18. The molecule has 1 atom stereocenters. The number of nitrogens with zero attached hydrogens (tertiary/aromatic N) is 1. The van der Waals surface area contributed by atoms with Gasteiger partial charge >= 0.3 is 0 Å². The van der Waals surface area contributed by atoms with Crippen LogP contribution >= 0.6 is 0 Å². The van der Waals surface area contributed by atoms with E-state index in [-0.39, 0.29) is 11.9 Å². The van der Waals surface area contributed by atoms with Crippen molar-refractivity contribution in [2.45, 2.75) is 51.6 Å². The van der Waals surface area contributed by atoms with E-state index in [1.54, 1.807) is 0 Å². The van der Waals surface area contributed by atoms with Gasteiger partial charge in [0.15, 0.2) is 0 Å². The van der Waals surface area contributed by atoms with Crippen molar-refractivity contribution in [3.63, 3.8) is 0 Å². The Morgan fingerprint density at radius 2 is 1.71 bits per heavy atom. The second-order valence-corrected chi connectivity index (χ2v) is 7.37. The number of fused-ring (bicyclic) bond motifs is 1. The van der Waals surface area contributed by atoms with Crippen LogP contribution in [0.1, 0.15) is 37.8 Å². The molecular formula is C20H30N2O2. The molecule has 1 amide bonds. The standard InChI is InChI=1S/C20H30N2O2/c1-15(2)19(21-18-9-13-24-14-10-18)20(23)22-11-7-16-5-3-4-6-17(16)8-12-22/h3-6,15,18-19,21H,7-14H2,1-2H3. The number of hydrogen-bond donors (Lipinski definition) is 1. The smallest absolute Gasteiger partial charge is 0.239 e. The van der Waals surface area contributed by atoms with E-state index in [4.69, 9.17) is 4.74 Å². The van der Waals surface area contributed by atoms with Gasteiger partial charge in [-0.05, 0) is 42.7 Å². The van der Waals surface area contributed by atoms with E-state index in [1.807, 2.05) is 0 Å². The van der Waals surface area contributed by atoms with Crippen molar-refractivity contribution in [1.82, 2.24) is 10.2 Å². The first-order valence-corrected chi connectivity index (χ1v) is 9.34. The lowest BCUT2D eigenvalue weighted by atomic mass is 9.99. The number of hydrogen-bond acceptors (Lipinski definition) is 3. The third kappa shape index (κ3) is 4.17. The zero-order valence-corrected chi connectivity index (χ0v) is 15.0. The van der Waals surface area contributed by atoms with E-state index >= 15 is 0 Å². The Bertz CT molecular complexity index is 525. The molecule has 0 saturated carbocycles. The van der Waals surface area contributed by atoms with Crippen LogP contribution in [0.4, 0.5) is 0 Å². The molecule has 3 rings (SSSR count). The van der Waals surface area contributed by atoms with Gasteiger partial charge in [-0.25, -0.2) is 0 Å². The Labute approximate surface area is 145 Å². The van der Waals surface area contributed by atoms with Crippen molar-refractivity contribution in [3.05, 3.63) is 35.4 Å². The van der Waals surface area contributed by atoms with Gasteiger partial charge in [0.25, 0.3) is 0 Å². The predicted molar refractivity (Wildman–Crippen MR) is 96.0 cm³/mol. The monoisotopic (exact) mass is 330 g/mol. The van der Waals surface area contributed by atoms with Gasteiger partial charge in [0.05, 0.1) is 6.04 Å². The van der Waals surface area contributed by atoms with Gasteiger partial charge in [-0.15, -0.1) is 0 Å². The summed E-state index contributed by atoms with van der Waals surface area (Å²) in [5.74, 6) is 0.565. The lowest BCUT2D eigenvalue weighted by molar-refractivity contribution is -0.135. The van der Waals surface area contributed by atoms with E-state index < -0.39 is 0 Å². The normalized spacial score (nSPS) is 20.5. The molecule has 1 aromatic rings. The van der Waals surface area contributed by atoms with E-state index in [0.717, 1.165) is 52.0 Å². The molecule has 1 fully saturated rings. The second kappa shape index (κ2) is 8.13. The van der Waals surface area contributed by atoms with Gasteiger partial charge in [0.2, 0.25) is 5.91 Å². The molecule has 132 valence electrons. The summed E-state index contributed by atoms with van der Waals surface area (Å²) < 4.78 is 5.44. The number of rotatable bonds is 4. The van der Waals surface area contributed by atoms with Crippen molar-refractivity contribution < 1.29 is 9.53 Å². The minimum absolute atomic E-state index is 0.0886. The molecule has 1 N–H and O–H groups in total. The molecular weight excluding hydrogens is 300 g/mol. The maximum atomic E-state index is 13.1. The van der Waals surface area contributed by atoms with Crippen molar-refractivity contribution in [2.75, 3.05) is 26.3 Å². The van der Waals surface area contributed by atoms with E-state index in [1.165, 1.54) is 11.1 Å². The van der Waals surface area contributed by atoms with Crippen molar-refractivity contribution in [3.8, 4) is 0 Å². The Balaban J connectivity index is 1.64. The highest BCUT2D eigenvalue weighted by atomic mass is 16.5. The average molecular weight is 330 g/mol. The van der Waals surface area contributed by atoms with Crippen LogP contribution in [0.15, 0.2) is 24.3 Å². The van der Waals surface area contributed by atoms with E-state index in [9.17, 15) is 4.79 Å². The molecule has 0 aliphatic carbocycles. The third-order valence-electron chi connectivity index (χ3n) is 5.30. The van der Waals surface area contributed by atoms with Gasteiger partial charge in [-0.3, -0.25) is 4.79 Å². The van der Waals surface area contributed by atoms with Crippen LogP contribution in [-0.2, 0) is 22.4 Å². The van der Waals surface area contributed by atoms with Crippen LogP contribution in [0, 0.1) is 5.92 Å². The number of carbonyl (C=O) groups is 1. The fourth-order valence-corrected chi connectivity index (χ4v) is 3.75. The van der Waals surface area contributed by atoms with Crippen LogP contribution in [0.25, 0.3) is 0 Å². The molecule has 0 aromatic heterocycles. The lowest BCUT2D eigenvalue weighted by Crippen LogP contribution is -2.54. The van der Waals surface area contributed by atoms with Gasteiger partial charge in [-0.1, -0.05) is 38.1 Å². The first-order chi connectivity index (χ1) is 11.6. The number of ether oxygens (including phenoxy) is 1. The second-order valence-electron chi connectivity index (χ2n) is 7.37. The minimum atomic E-state index is -0.0886. The topological polar surface area (TPSA) is 41.6 Å². The van der Waals surface area contributed by atoms with Crippen LogP contribution in [0.3, 0.4) is 0 Å². The maximum absolute atomic E-state index is 13.1. The molecule has 24 heavy (non-hydrogen) atoms. The largest absolute Gasteiger partial charge is 0.381 e. The molecule has 2 aliphatic heterocycles. The molecule has 1 saturated heterocycles. The maximum Gasteiger partial charge on any atom is 0.239 e. The highest BCUT2D eigenvalue weighted by molar-refractivity contribution is 5.82. The Morgan fingerprint density at radius 3 is 2.25 bits per heavy atom. The van der Waals surface area contributed by atoms with Gasteiger partial charge < -0.3 is 15.0 Å². The molecule has 0 bridgehead atoms. The van der Waals surface area contributed by atoms with Gasteiger partial charge in [0, 0.05) is 32.3 Å². The van der Waals surface area contributed by atoms with Crippen molar-refractivity contribution >= 4 is 5.91 Å². The summed E-state index contributed by atoms with van der Waals surface area (Å²) >= 11 is 0. The number of carbonyl (C=O) groups excluding carboxylic acids is 1. The predicted octanol–water partition coefficient (Wildman–Crippen LogP) is 2.41. The Morgan fingerprint density at radius 1 is 1.12 bits per heavy atom. The molecule has 1 unspecified atom stereocenters. The molecule has 1 aromatic carbocycles. The Hall–Kier alpha value is -1.39. The molecule has 0 spiro atoms. The summed E-state index contributed by atoms with van der Waals surface area (Å²) in [6, 6.07) is 8.90. The lowest BCUT2D eigenvalue weighted by Gasteiger charge is -2.33. The van der Waals surface area contributed by atoms with Crippen LogP contribution in [0.2, 0.25) is 0 Å². The minimum Gasteiger partial charge on any atom is -0.381 e. The molecule has 4 heteroatoms. The SMILES string of the molecule is CC(C)C(NC1CCOCC1)C(=O)N1CCc2ccccc2CC1. The summed E-state index contributed by atoms with van der Waals surface area (Å²) in [5.41, 5.74) is 2.79. The number of nitrogens with one attached hydrogen (secondary N) is 1. The quantitative estimate of drug-likeness (QED) is 0.922. The van der Waals surface area contributed by atoms with Crippen LogP contribution in [0.5, 0.6) is 0 Å². The summed E-state index contributed by atoms with van der Waals surface area (Å²) in [4.78, 5) is 15.2. The average Bonchev–Trinajstić information content (AvgIpc) is 2.82. The number of amides is 1. The summed E-state index contributed by atoms with van der Waals surface area (Å²) in [5, 5.41) is 3.62. The van der Waals surface area contributed by atoms with Gasteiger partial charge in [0.1, 0.15) is 0 Å².